The molecule has 0 fully saturated rings. The second kappa shape index (κ2) is 7.15. The number of ketones is 1. The van der Waals surface area contributed by atoms with Gasteiger partial charge in [-0.1, -0.05) is 11.6 Å². The summed E-state index contributed by atoms with van der Waals surface area (Å²) in [5.74, 6) is -0.345. The van der Waals surface area contributed by atoms with Gasteiger partial charge in [0, 0.05) is 16.3 Å². The Morgan fingerprint density at radius 1 is 1.13 bits per heavy atom. The minimum Gasteiger partial charge on any atom is -0.497 e. The maximum Gasteiger partial charge on any atom is 0.340 e. The Kier molecular flexibility index (Phi) is 5.24. The van der Waals surface area contributed by atoms with Crippen LogP contribution in [0, 0.1) is 0 Å². The first kappa shape index (κ1) is 16.8. The maximum absolute atomic E-state index is 12.3. The highest BCUT2D eigenvalue weighted by atomic mass is 35.5. The highest BCUT2D eigenvalue weighted by Gasteiger charge is 2.21. The second-order valence-corrected chi connectivity index (χ2v) is 5.31. The Hall–Kier alpha value is -2.53. The third-order valence-electron chi connectivity index (χ3n) is 3.26. The number of halogens is 1. The van der Waals surface area contributed by atoms with Gasteiger partial charge in [0.1, 0.15) is 5.75 Å². The van der Waals surface area contributed by atoms with Crippen molar-refractivity contribution in [2.24, 2.45) is 0 Å². The van der Waals surface area contributed by atoms with E-state index in [1.54, 1.807) is 24.3 Å². The lowest BCUT2D eigenvalue weighted by Crippen LogP contribution is -2.24. The van der Waals surface area contributed by atoms with Crippen molar-refractivity contribution >= 4 is 29.0 Å². The van der Waals surface area contributed by atoms with E-state index in [0.717, 1.165) is 0 Å². The van der Waals surface area contributed by atoms with Crippen LogP contribution in [0.15, 0.2) is 42.5 Å². The first-order chi connectivity index (χ1) is 10.9. The van der Waals surface area contributed by atoms with Crippen LogP contribution in [0.25, 0.3) is 0 Å². The van der Waals surface area contributed by atoms with Crippen LogP contribution in [0.3, 0.4) is 0 Å². The zero-order valence-corrected chi connectivity index (χ0v) is 13.5. The number of nitrogen functional groups attached to an aromatic ring is 1. The first-order valence-electron chi connectivity index (χ1n) is 6.86. The van der Waals surface area contributed by atoms with Crippen LogP contribution in [0.4, 0.5) is 5.69 Å². The van der Waals surface area contributed by atoms with Crippen LogP contribution in [0.2, 0.25) is 5.02 Å². The van der Waals surface area contributed by atoms with E-state index in [9.17, 15) is 9.59 Å². The van der Waals surface area contributed by atoms with Crippen LogP contribution >= 0.6 is 11.6 Å². The number of Topliss-reactive ketones (excluding diaryl/α,β-unsaturated/α-hetero) is 1. The number of carbonyl (C=O) groups is 2. The van der Waals surface area contributed by atoms with Crippen molar-refractivity contribution in [3.8, 4) is 5.75 Å². The molecule has 0 aliphatic carbocycles. The standard InChI is InChI=1S/C17H16ClNO4/c1-10(16(20)11-3-6-13(22-2)7-4-11)23-17(21)14-8-5-12(18)9-15(14)19/h3-10H,19H2,1-2H3/t10-/m1/s1. The van der Waals surface area contributed by atoms with E-state index < -0.39 is 12.1 Å². The Morgan fingerprint density at radius 3 is 2.35 bits per heavy atom. The van der Waals surface area contributed by atoms with Gasteiger partial charge in [-0.2, -0.15) is 0 Å². The Morgan fingerprint density at radius 2 is 1.78 bits per heavy atom. The molecule has 0 heterocycles. The molecule has 1 atom stereocenters. The molecular formula is C17H16ClNO4. The van der Waals surface area contributed by atoms with Gasteiger partial charge >= 0.3 is 5.97 Å². The molecule has 2 aromatic carbocycles. The molecule has 2 rings (SSSR count). The van der Waals surface area contributed by atoms with Crippen LogP contribution in [0.1, 0.15) is 27.6 Å². The van der Waals surface area contributed by atoms with Crippen molar-refractivity contribution in [2.45, 2.75) is 13.0 Å². The quantitative estimate of drug-likeness (QED) is 0.515. The summed E-state index contributed by atoms with van der Waals surface area (Å²) in [4.78, 5) is 24.4. The van der Waals surface area contributed by atoms with Crippen molar-refractivity contribution in [1.82, 2.24) is 0 Å². The zero-order valence-electron chi connectivity index (χ0n) is 12.7. The van der Waals surface area contributed by atoms with Gasteiger partial charge in [-0.15, -0.1) is 0 Å². The normalized spacial score (nSPS) is 11.6. The average Bonchev–Trinajstić information content (AvgIpc) is 2.54. The minimum atomic E-state index is -0.939. The smallest absolute Gasteiger partial charge is 0.340 e. The van der Waals surface area contributed by atoms with Crippen molar-refractivity contribution in [2.75, 3.05) is 12.8 Å². The number of nitrogens with two attached hydrogens (primary N) is 1. The Labute approximate surface area is 139 Å². The topological polar surface area (TPSA) is 78.6 Å². The van der Waals surface area contributed by atoms with Crippen molar-refractivity contribution in [3.05, 3.63) is 58.6 Å². The number of hydrogen-bond donors (Lipinski definition) is 1. The largest absolute Gasteiger partial charge is 0.497 e. The third-order valence-corrected chi connectivity index (χ3v) is 3.50. The summed E-state index contributed by atoms with van der Waals surface area (Å²) in [6, 6.07) is 11.0. The number of benzene rings is 2. The molecular weight excluding hydrogens is 318 g/mol. The lowest BCUT2D eigenvalue weighted by Gasteiger charge is -2.13. The molecule has 0 amide bonds. The van der Waals surface area contributed by atoms with E-state index >= 15 is 0 Å². The lowest BCUT2D eigenvalue weighted by atomic mass is 10.1. The van der Waals surface area contributed by atoms with Gasteiger partial charge in [0.05, 0.1) is 12.7 Å². The molecule has 0 aliphatic heterocycles. The van der Waals surface area contributed by atoms with E-state index in [2.05, 4.69) is 0 Å². The Bertz CT molecular complexity index is 728. The molecule has 23 heavy (non-hydrogen) atoms. The average molecular weight is 334 g/mol. The number of methoxy groups -OCH3 is 1. The molecule has 0 bridgehead atoms. The molecule has 0 aliphatic rings. The monoisotopic (exact) mass is 333 g/mol. The number of rotatable bonds is 5. The summed E-state index contributed by atoms with van der Waals surface area (Å²) in [6.45, 7) is 1.51. The van der Waals surface area contributed by atoms with Gasteiger partial charge in [-0.05, 0) is 49.4 Å². The van der Waals surface area contributed by atoms with E-state index in [0.29, 0.717) is 16.3 Å². The molecule has 5 nitrogen and oxygen atoms in total. The fraction of sp³-hybridized carbons (Fsp3) is 0.176. The SMILES string of the molecule is COc1ccc(C(=O)[C@@H](C)OC(=O)c2ccc(Cl)cc2N)cc1. The second-order valence-electron chi connectivity index (χ2n) is 4.87. The van der Waals surface area contributed by atoms with Gasteiger partial charge in [0.15, 0.2) is 6.10 Å². The van der Waals surface area contributed by atoms with Gasteiger partial charge in [-0.3, -0.25) is 4.79 Å². The minimum absolute atomic E-state index is 0.170. The van der Waals surface area contributed by atoms with Gasteiger partial charge in [0.2, 0.25) is 5.78 Å². The maximum atomic E-state index is 12.3. The summed E-state index contributed by atoms with van der Waals surface area (Å²) < 4.78 is 10.2. The predicted octanol–water partition coefficient (Wildman–Crippen LogP) is 3.36. The summed E-state index contributed by atoms with van der Waals surface area (Å²) in [6.07, 6.45) is -0.939. The van der Waals surface area contributed by atoms with Crippen molar-refractivity contribution < 1.29 is 19.1 Å². The molecule has 0 aromatic heterocycles. The molecule has 6 heteroatoms. The van der Waals surface area contributed by atoms with Gasteiger partial charge in [0.25, 0.3) is 0 Å². The number of hydrogen-bond acceptors (Lipinski definition) is 5. The molecule has 0 saturated carbocycles. The van der Waals surface area contributed by atoms with Gasteiger partial charge < -0.3 is 15.2 Å². The van der Waals surface area contributed by atoms with Crippen LogP contribution in [-0.4, -0.2) is 25.0 Å². The molecule has 0 radical (unpaired) electrons. The molecule has 0 spiro atoms. The fourth-order valence-corrected chi connectivity index (χ4v) is 2.17. The highest BCUT2D eigenvalue weighted by Crippen LogP contribution is 2.20. The predicted molar refractivity (Wildman–Crippen MR) is 88.1 cm³/mol. The first-order valence-corrected chi connectivity index (χ1v) is 7.24. The molecule has 120 valence electrons. The Balaban J connectivity index is 2.09. The molecule has 2 aromatic rings. The van der Waals surface area contributed by atoms with E-state index in [1.807, 2.05) is 0 Å². The summed E-state index contributed by atoms with van der Waals surface area (Å²) in [5, 5.41) is 0.418. The molecule has 2 N–H and O–H groups in total. The van der Waals surface area contributed by atoms with Gasteiger partial charge in [-0.25, -0.2) is 4.79 Å². The number of carbonyl (C=O) groups excluding carboxylic acids is 2. The number of anilines is 1. The highest BCUT2D eigenvalue weighted by molar-refractivity contribution is 6.31. The molecule has 0 unspecified atom stereocenters. The summed E-state index contributed by atoms with van der Waals surface area (Å²) >= 11 is 5.79. The lowest BCUT2D eigenvalue weighted by molar-refractivity contribution is 0.0320. The van der Waals surface area contributed by atoms with E-state index in [1.165, 1.54) is 32.2 Å². The third kappa shape index (κ3) is 4.02. The van der Waals surface area contributed by atoms with Crippen molar-refractivity contribution in [1.29, 1.82) is 0 Å². The number of ether oxygens (including phenoxy) is 2. The fourth-order valence-electron chi connectivity index (χ4n) is 1.99. The summed E-state index contributed by atoms with van der Waals surface area (Å²) in [7, 11) is 1.54. The van der Waals surface area contributed by atoms with E-state index in [4.69, 9.17) is 26.8 Å². The van der Waals surface area contributed by atoms with Crippen LogP contribution in [0.5, 0.6) is 5.75 Å². The number of esters is 1. The van der Waals surface area contributed by atoms with Crippen LogP contribution < -0.4 is 10.5 Å². The van der Waals surface area contributed by atoms with Crippen LogP contribution in [-0.2, 0) is 4.74 Å². The molecule has 0 saturated heterocycles. The van der Waals surface area contributed by atoms with Crippen molar-refractivity contribution in [3.63, 3.8) is 0 Å². The zero-order chi connectivity index (χ0) is 17.0. The summed E-state index contributed by atoms with van der Waals surface area (Å²) in [5.41, 5.74) is 6.53. The van der Waals surface area contributed by atoms with E-state index in [-0.39, 0.29) is 17.0 Å².